The first kappa shape index (κ1) is 23.3. The van der Waals surface area contributed by atoms with Crippen LogP contribution in [0.1, 0.15) is 43.5 Å². The number of hydrogen-bond acceptors (Lipinski definition) is 6. The Morgan fingerprint density at radius 1 is 1.00 bits per heavy atom. The highest BCUT2D eigenvalue weighted by atomic mass is 32.2. The molecule has 2 aromatic heterocycles. The molecule has 0 unspecified atom stereocenters. The van der Waals surface area contributed by atoms with E-state index in [1.54, 1.807) is 27.2 Å². The molecular formula is C25H33N5O3S. The average molecular weight is 484 g/mol. The Morgan fingerprint density at radius 2 is 1.74 bits per heavy atom. The molecule has 34 heavy (non-hydrogen) atoms. The summed E-state index contributed by atoms with van der Waals surface area (Å²) in [6, 6.07) is 7.77. The number of hydrogen-bond donors (Lipinski definition) is 0. The van der Waals surface area contributed by atoms with Crippen LogP contribution >= 0.6 is 0 Å². The number of rotatable bonds is 5. The average Bonchev–Trinajstić information content (AvgIpc) is 3.28. The third kappa shape index (κ3) is 4.21. The van der Waals surface area contributed by atoms with Gasteiger partial charge in [0.1, 0.15) is 10.6 Å². The first-order valence-corrected chi connectivity index (χ1v) is 13.6. The monoisotopic (exact) mass is 483 g/mol. The Balaban J connectivity index is 1.45. The molecule has 0 saturated carbocycles. The Labute approximate surface area is 201 Å². The van der Waals surface area contributed by atoms with Crippen LogP contribution in [0.25, 0.3) is 16.8 Å². The van der Waals surface area contributed by atoms with Crippen LogP contribution in [0.15, 0.2) is 35.4 Å². The van der Waals surface area contributed by atoms with Crippen molar-refractivity contribution in [2.75, 3.05) is 33.3 Å². The standard InChI is InChI=1S/C25H33N5O3S/c1-18-15-19(2)30-25(27-18)22(17-26-30)20-7-8-23(33-3)24(16-20)34(31,32)29-13-9-21(10-14-29)28-11-5-4-6-12-28/h7-8,15-17,21H,4-6,9-14H2,1-3H3. The lowest BCUT2D eigenvalue weighted by Crippen LogP contribution is -2.48. The molecule has 3 aromatic rings. The number of methoxy groups -OCH3 is 1. The van der Waals surface area contributed by atoms with Crippen LogP contribution in [0.5, 0.6) is 5.75 Å². The lowest BCUT2D eigenvalue weighted by molar-refractivity contribution is 0.117. The SMILES string of the molecule is COc1ccc(-c2cnn3c(C)cc(C)nc23)cc1S(=O)(=O)N1CCC(N2CCCCC2)CC1. The van der Waals surface area contributed by atoms with Gasteiger partial charge in [-0.2, -0.15) is 9.40 Å². The zero-order valence-corrected chi connectivity index (χ0v) is 21.0. The number of ether oxygens (including phenoxy) is 1. The largest absolute Gasteiger partial charge is 0.495 e. The predicted octanol–water partition coefficient (Wildman–Crippen LogP) is 3.66. The summed E-state index contributed by atoms with van der Waals surface area (Å²) in [5.74, 6) is 0.360. The van der Waals surface area contributed by atoms with Crippen molar-refractivity contribution in [2.45, 2.75) is 56.9 Å². The smallest absolute Gasteiger partial charge is 0.246 e. The van der Waals surface area contributed by atoms with Crippen LogP contribution in [-0.2, 0) is 10.0 Å². The molecule has 0 bridgehead atoms. The second-order valence-electron chi connectivity index (χ2n) is 9.43. The quantitative estimate of drug-likeness (QED) is 0.551. The topological polar surface area (TPSA) is 80.0 Å². The Hall–Kier alpha value is -2.49. The molecule has 0 spiro atoms. The fraction of sp³-hybridized carbons (Fsp3) is 0.520. The van der Waals surface area contributed by atoms with E-state index in [4.69, 9.17) is 4.74 Å². The first-order valence-electron chi connectivity index (χ1n) is 12.1. The zero-order chi connectivity index (χ0) is 23.9. The minimum atomic E-state index is -3.70. The predicted molar refractivity (Wildman–Crippen MR) is 132 cm³/mol. The molecule has 0 N–H and O–H groups in total. The van der Waals surface area contributed by atoms with E-state index in [0.717, 1.165) is 48.4 Å². The van der Waals surface area contributed by atoms with Crippen LogP contribution in [-0.4, -0.2) is 71.6 Å². The maximum Gasteiger partial charge on any atom is 0.246 e. The van der Waals surface area contributed by atoms with Gasteiger partial charge in [0.2, 0.25) is 10.0 Å². The van der Waals surface area contributed by atoms with E-state index in [-0.39, 0.29) is 4.90 Å². The molecule has 4 heterocycles. The molecule has 9 heteroatoms. The highest BCUT2D eigenvalue weighted by Crippen LogP contribution is 2.34. The number of fused-ring (bicyclic) bond motifs is 1. The van der Waals surface area contributed by atoms with Gasteiger partial charge in [-0.25, -0.2) is 17.9 Å². The van der Waals surface area contributed by atoms with E-state index < -0.39 is 10.0 Å². The molecule has 2 aliphatic rings. The second kappa shape index (κ2) is 9.28. The fourth-order valence-corrected chi connectivity index (χ4v) is 7.04. The maximum absolute atomic E-state index is 13.7. The van der Waals surface area contributed by atoms with Crippen molar-refractivity contribution in [3.63, 3.8) is 0 Å². The van der Waals surface area contributed by atoms with Gasteiger partial charge in [-0.3, -0.25) is 0 Å². The van der Waals surface area contributed by atoms with Crippen LogP contribution in [0.4, 0.5) is 0 Å². The van der Waals surface area contributed by atoms with Crippen molar-refractivity contribution < 1.29 is 13.2 Å². The summed E-state index contributed by atoms with van der Waals surface area (Å²) in [6.07, 6.45) is 7.30. The summed E-state index contributed by atoms with van der Waals surface area (Å²) in [5.41, 5.74) is 4.15. The van der Waals surface area contributed by atoms with E-state index in [9.17, 15) is 8.42 Å². The summed E-state index contributed by atoms with van der Waals surface area (Å²) >= 11 is 0. The van der Waals surface area contributed by atoms with Crippen LogP contribution < -0.4 is 4.74 Å². The first-order chi connectivity index (χ1) is 16.4. The van der Waals surface area contributed by atoms with E-state index in [2.05, 4.69) is 15.0 Å². The minimum absolute atomic E-state index is 0.202. The lowest BCUT2D eigenvalue weighted by Gasteiger charge is -2.39. The number of nitrogens with zero attached hydrogens (tertiary/aromatic N) is 5. The number of likely N-dealkylation sites (tertiary alicyclic amines) is 1. The van der Waals surface area contributed by atoms with E-state index >= 15 is 0 Å². The molecule has 182 valence electrons. The van der Waals surface area contributed by atoms with Gasteiger partial charge in [-0.15, -0.1) is 0 Å². The van der Waals surface area contributed by atoms with E-state index in [0.29, 0.717) is 30.5 Å². The van der Waals surface area contributed by atoms with Crippen molar-refractivity contribution in [1.82, 2.24) is 23.8 Å². The van der Waals surface area contributed by atoms with Crippen molar-refractivity contribution in [3.8, 4) is 16.9 Å². The van der Waals surface area contributed by atoms with Gasteiger partial charge in [0, 0.05) is 36.1 Å². The molecule has 2 saturated heterocycles. The van der Waals surface area contributed by atoms with Gasteiger partial charge in [-0.05, 0) is 76.4 Å². The maximum atomic E-state index is 13.7. The molecule has 0 aliphatic carbocycles. The summed E-state index contributed by atoms with van der Waals surface area (Å²) < 4.78 is 36.4. The van der Waals surface area contributed by atoms with Crippen molar-refractivity contribution in [3.05, 3.63) is 41.9 Å². The molecule has 2 aliphatic heterocycles. The third-order valence-corrected chi connectivity index (χ3v) is 9.12. The molecule has 1 aromatic carbocycles. The Kier molecular flexibility index (Phi) is 6.35. The Morgan fingerprint density at radius 3 is 2.44 bits per heavy atom. The van der Waals surface area contributed by atoms with Crippen molar-refractivity contribution >= 4 is 15.7 Å². The number of sulfonamides is 1. The van der Waals surface area contributed by atoms with Crippen molar-refractivity contribution in [1.29, 1.82) is 0 Å². The number of benzene rings is 1. The van der Waals surface area contributed by atoms with Crippen LogP contribution in [0, 0.1) is 13.8 Å². The van der Waals surface area contributed by atoms with Crippen molar-refractivity contribution in [2.24, 2.45) is 0 Å². The molecule has 2 fully saturated rings. The highest BCUT2D eigenvalue weighted by molar-refractivity contribution is 7.89. The van der Waals surface area contributed by atoms with Crippen LogP contribution in [0.2, 0.25) is 0 Å². The van der Waals surface area contributed by atoms with E-state index in [1.165, 1.54) is 26.4 Å². The van der Waals surface area contributed by atoms with Gasteiger partial charge < -0.3 is 9.64 Å². The number of aromatic nitrogens is 3. The number of piperidine rings is 2. The second-order valence-corrected chi connectivity index (χ2v) is 11.3. The summed E-state index contributed by atoms with van der Waals surface area (Å²) in [4.78, 5) is 7.41. The van der Waals surface area contributed by atoms with Crippen LogP contribution in [0.3, 0.4) is 0 Å². The molecule has 0 atom stereocenters. The molecule has 0 radical (unpaired) electrons. The number of aryl methyl sites for hydroxylation is 2. The van der Waals surface area contributed by atoms with Gasteiger partial charge in [0.05, 0.1) is 13.3 Å². The minimum Gasteiger partial charge on any atom is -0.495 e. The fourth-order valence-electron chi connectivity index (χ4n) is 5.39. The van der Waals surface area contributed by atoms with Gasteiger partial charge in [0.15, 0.2) is 5.65 Å². The summed E-state index contributed by atoms with van der Waals surface area (Å²) in [6.45, 7) is 7.28. The normalized spacial score (nSPS) is 19.0. The van der Waals surface area contributed by atoms with Gasteiger partial charge >= 0.3 is 0 Å². The van der Waals surface area contributed by atoms with Gasteiger partial charge in [0.25, 0.3) is 0 Å². The van der Waals surface area contributed by atoms with E-state index in [1.807, 2.05) is 26.0 Å². The summed E-state index contributed by atoms with van der Waals surface area (Å²) in [5, 5.41) is 4.47. The molecule has 5 rings (SSSR count). The molecule has 8 nitrogen and oxygen atoms in total. The lowest BCUT2D eigenvalue weighted by atomic mass is 10.0. The molecular weight excluding hydrogens is 450 g/mol. The van der Waals surface area contributed by atoms with Gasteiger partial charge in [-0.1, -0.05) is 12.5 Å². The summed E-state index contributed by atoms with van der Waals surface area (Å²) in [7, 11) is -2.19. The zero-order valence-electron chi connectivity index (χ0n) is 20.2. The Bertz CT molecular complexity index is 1290. The highest BCUT2D eigenvalue weighted by Gasteiger charge is 2.34. The third-order valence-electron chi connectivity index (χ3n) is 7.20. The molecule has 0 amide bonds.